The van der Waals surface area contributed by atoms with E-state index in [0.717, 1.165) is 56.9 Å². The number of hydrogen-bond donors (Lipinski definition) is 2. The van der Waals surface area contributed by atoms with Gasteiger partial charge in [0.15, 0.2) is 11.5 Å². The van der Waals surface area contributed by atoms with Crippen LogP contribution < -0.4 is 25.0 Å². The highest BCUT2D eigenvalue weighted by molar-refractivity contribution is 7.86. The van der Waals surface area contributed by atoms with E-state index in [1.54, 1.807) is 25.1 Å². The van der Waals surface area contributed by atoms with Crippen LogP contribution in [-0.2, 0) is 38.0 Å². The third-order valence-corrected chi connectivity index (χ3v) is 8.75. The van der Waals surface area contributed by atoms with Gasteiger partial charge in [0.05, 0.1) is 0 Å². The summed E-state index contributed by atoms with van der Waals surface area (Å²) in [4.78, 5) is 41.1. The van der Waals surface area contributed by atoms with Crippen LogP contribution in [0.25, 0.3) is 0 Å². The maximum atomic E-state index is 13.7. The summed E-state index contributed by atoms with van der Waals surface area (Å²) in [5.41, 5.74) is 3.45. The molecule has 0 radical (unpaired) electrons. The van der Waals surface area contributed by atoms with E-state index in [2.05, 4.69) is 16.7 Å². The van der Waals surface area contributed by atoms with Crippen LogP contribution in [0.1, 0.15) is 56.6 Å². The zero-order valence-corrected chi connectivity index (χ0v) is 23.0. The molecule has 0 bridgehead atoms. The molecule has 2 aromatic rings. The van der Waals surface area contributed by atoms with Crippen LogP contribution in [0, 0.1) is 0 Å². The van der Waals surface area contributed by atoms with Crippen molar-refractivity contribution in [2.24, 2.45) is 0 Å². The Hall–Kier alpha value is -3.40. The number of carbonyl (C=O) groups excluding carboxylic acids is 3. The van der Waals surface area contributed by atoms with Crippen LogP contribution in [0.2, 0.25) is 0 Å². The number of benzene rings is 2. The highest BCUT2D eigenvalue weighted by Crippen LogP contribution is 2.34. The Balaban J connectivity index is 1.29. The zero-order valence-electron chi connectivity index (χ0n) is 22.2. The van der Waals surface area contributed by atoms with E-state index in [1.807, 2.05) is 12.1 Å². The largest absolute Gasteiger partial charge is 0.454 e. The molecule has 2 aliphatic carbocycles. The topological polar surface area (TPSA) is 114 Å². The molecule has 1 heterocycles. The second kappa shape index (κ2) is 12.2. The standard InChI is InChI=1S/C29H35N3O6S/c1-19(29(35)31-21-9-3-4-10-21)32(24-12-6-8-20-7-2-5-11-23(20)24)28(34)17-39(36)16-27(33)30-22-13-14-25-26(15-22)38-18-37-25/h6,8,12-15,19,21H,2-5,7,9-11,16-18H2,1H3,(H,30,33)(H,31,35)/t19-,39+/m1/s1. The van der Waals surface area contributed by atoms with Crippen LogP contribution in [-0.4, -0.2) is 52.3 Å². The maximum absolute atomic E-state index is 13.7. The van der Waals surface area contributed by atoms with Gasteiger partial charge in [0.1, 0.15) is 17.5 Å². The molecule has 1 fully saturated rings. The van der Waals surface area contributed by atoms with Crippen molar-refractivity contribution >= 4 is 39.9 Å². The lowest BCUT2D eigenvalue weighted by molar-refractivity contribution is -0.125. The fourth-order valence-corrected chi connectivity index (χ4v) is 6.51. The Kier molecular flexibility index (Phi) is 8.50. The molecule has 208 valence electrons. The molecule has 5 rings (SSSR count). The molecule has 0 unspecified atom stereocenters. The number of aryl methyl sites for hydroxylation is 1. The molecule has 39 heavy (non-hydrogen) atoms. The average Bonchev–Trinajstić information content (AvgIpc) is 3.60. The number of ether oxygens (including phenoxy) is 2. The van der Waals surface area contributed by atoms with Crippen LogP contribution in [0.4, 0.5) is 11.4 Å². The fourth-order valence-electron chi connectivity index (χ4n) is 5.63. The lowest BCUT2D eigenvalue weighted by Gasteiger charge is -2.33. The van der Waals surface area contributed by atoms with E-state index in [-0.39, 0.29) is 30.2 Å². The van der Waals surface area contributed by atoms with Crippen LogP contribution in [0.5, 0.6) is 11.5 Å². The van der Waals surface area contributed by atoms with Crippen molar-refractivity contribution in [3.05, 3.63) is 47.5 Å². The Morgan fingerprint density at radius 2 is 1.77 bits per heavy atom. The molecule has 3 amide bonds. The van der Waals surface area contributed by atoms with Crippen molar-refractivity contribution in [2.45, 2.75) is 70.4 Å². The van der Waals surface area contributed by atoms with E-state index >= 15 is 0 Å². The van der Waals surface area contributed by atoms with Gasteiger partial charge in [-0.15, -0.1) is 0 Å². The predicted molar refractivity (Wildman–Crippen MR) is 150 cm³/mol. The molecule has 3 aliphatic rings. The molecule has 1 saturated carbocycles. The summed E-state index contributed by atoms with van der Waals surface area (Å²) in [6, 6.07) is 10.2. The smallest absolute Gasteiger partial charge is 0.243 e. The molecule has 2 N–H and O–H groups in total. The van der Waals surface area contributed by atoms with Crippen molar-refractivity contribution < 1.29 is 28.1 Å². The van der Waals surface area contributed by atoms with Gasteiger partial charge in [-0.3, -0.25) is 23.5 Å². The second-order valence-electron chi connectivity index (χ2n) is 10.4. The third-order valence-electron chi connectivity index (χ3n) is 7.60. The summed E-state index contributed by atoms with van der Waals surface area (Å²) in [7, 11) is -1.77. The van der Waals surface area contributed by atoms with Crippen molar-refractivity contribution in [3.8, 4) is 11.5 Å². The minimum absolute atomic E-state index is 0.121. The van der Waals surface area contributed by atoms with Crippen molar-refractivity contribution in [2.75, 3.05) is 28.5 Å². The number of nitrogens with one attached hydrogen (secondary N) is 2. The van der Waals surface area contributed by atoms with Gasteiger partial charge in [0.2, 0.25) is 24.5 Å². The maximum Gasteiger partial charge on any atom is 0.243 e. The van der Waals surface area contributed by atoms with Gasteiger partial charge in [-0.25, -0.2) is 0 Å². The summed E-state index contributed by atoms with van der Waals surface area (Å²) in [6.45, 7) is 1.84. The van der Waals surface area contributed by atoms with Crippen molar-refractivity contribution in [1.29, 1.82) is 0 Å². The summed E-state index contributed by atoms with van der Waals surface area (Å²) in [5.74, 6) is -0.710. The normalized spacial score (nSPS) is 17.7. The summed E-state index contributed by atoms with van der Waals surface area (Å²) < 4.78 is 23.6. The van der Waals surface area contributed by atoms with E-state index in [9.17, 15) is 18.6 Å². The van der Waals surface area contributed by atoms with E-state index in [1.165, 1.54) is 10.5 Å². The summed E-state index contributed by atoms with van der Waals surface area (Å²) >= 11 is 0. The first kappa shape index (κ1) is 27.2. The number of anilines is 2. The first-order chi connectivity index (χ1) is 18.9. The Bertz CT molecular complexity index is 1280. The molecule has 1 aliphatic heterocycles. The molecular weight excluding hydrogens is 518 g/mol. The summed E-state index contributed by atoms with van der Waals surface area (Å²) in [6.07, 6.45) is 7.91. The third kappa shape index (κ3) is 6.43. The minimum Gasteiger partial charge on any atom is -0.454 e. The SMILES string of the molecule is C[C@H](C(=O)NC1CCCC1)N(C(=O)C[S@@](=O)CC(=O)Nc1ccc2c(c1)OCO2)c1cccc2c1CCCC2. The number of rotatable bonds is 9. The van der Waals surface area contributed by atoms with Gasteiger partial charge in [-0.2, -0.15) is 0 Å². The van der Waals surface area contributed by atoms with Gasteiger partial charge < -0.3 is 20.1 Å². The van der Waals surface area contributed by atoms with Crippen molar-refractivity contribution in [3.63, 3.8) is 0 Å². The zero-order chi connectivity index (χ0) is 27.4. The lowest BCUT2D eigenvalue weighted by Crippen LogP contribution is -2.52. The fraction of sp³-hybridized carbons (Fsp3) is 0.483. The molecule has 2 atom stereocenters. The molecular formula is C29H35N3O6S. The number of fused-ring (bicyclic) bond motifs is 2. The molecule has 0 saturated heterocycles. The van der Waals surface area contributed by atoms with E-state index in [0.29, 0.717) is 22.9 Å². The van der Waals surface area contributed by atoms with Crippen molar-refractivity contribution in [1.82, 2.24) is 5.32 Å². The monoisotopic (exact) mass is 553 g/mol. The van der Waals surface area contributed by atoms with E-state index < -0.39 is 28.7 Å². The average molecular weight is 554 g/mol. The Morgan fingerprint density at radius 3 is 2.59 bits per heavy atom. The molecule has 0 spiro atoms. The van der Waals surface area contributed by atoms with E-state index in [4.69, 9.17) is 9.47 Å². The minimum atomic E-state index is -1.77. The molecule has 0 aromatic heterocycles. The quantitative estimate of drug-likeness (QED) is 0.492. The highest BCUT2D eigenvalue weighted by Gasteiger charge is 2.32. The van der Waals surface area contributed by atoms with Gasteiger partial charge in [0.25, 0.3) is 0 Å². The second-order valence-corrected chi connectivity index (χ2v) is 11.9. The lowest BCUT2D eigenvalue weighted by atomic mass is 9.89. The van der Waals surface area contributed by atoms with Crippen LogP contribution >= 0.6 is 0 Å². The Labute approximate surface area is 231 Å². The number of hydrogen-bond acceptors (Lipinski definition) is 6. The molecule has 10 heteroatoms. The number of carbonyl (C=O) groups is 3. The first-order valence-corrected chi connectivity index (χ1v) is 15.2. The van der Waals surface area contributed by atoms with Crippen LogP contribution in [0.15, 0.2) is 36.4 Å². The molecule has 2 aromatic carbocycles. The van der Waals surface area contributed by atoms with Crippen LogP contribution in [0.3, 0.4) is 0 Å². The number of nitrogens with zero attached hydrogens (tertiary/aromatic N) is 1. The van der Waals surface area contributed by atoms with Gasteiger partial charge in [-0.1, -0.05) is 25.0 Å². The Morgan fingerprint density at radius 1 is 1.00 bits per heavy atom. The van der Waals surface area contributed by atoms with Gasteiger partial charge >= 0.3 is 0 Å². The highest BCUT2D eigenvalue weighted by atomic mass is 32.2. The summed E-state index contributed by atoms with van der Waals surface area (Å²) in [5, 5.41) is 5.80. The van der Waals surface area contributed by atoms with Gasteiger partial charge in [-0.05, 0) is 74.8 Å². The molecule has 9 nitrogen and oxygen atoms in total. The first-order valence-electron chi connectivity index (χ1n) is 13.7. The predicted octanol–water partition coefficient (Wildman–Crippen LogP) is 3.46. The van der Waals surface area contributed by atoms with Gasteiger partial charge in [0, 0.05) is 34.3 Å². The number of amides is 3.